The Balaban J connectivity index is 1.95. The number of benzene rings is 2. The summed E-state index contributed by atoms with van der Waals surface area (Å²) in [6, 6.07) is 17.1. The Morgan fingerprint density at radius 3 is 2.62 bits per heavy atom. The zero-order chi connectivity index (χ0) is 15.1. The Hall–Kier alpha value is -2.33. The molecule has 0 bridgehead atoms. The average Bonchev–Trinajstić information content (AvgIpc) is 2.49. The third kappa shape index (κ3) is 4.61. The number of para-hydroxylation sites is 1. The number of rotatable bonds is 6. The Morgan fingerprint density at radius 1 is 1.14 bits per heavy atom. The highest BCUT2D eigenvalue weighted by atomic mass is 16.5. The number of carbonyl (C=O) groups is 1. The summed E-state index contributed by atoms with van der Waals surface area (Å²) in [6.45, 7) is 2.50. The van der Waals surface area contributed by atoms with Crippen molar-refractivity contribution in [2.24, 2.45) is 0 Å². The molecule has 1 unspecified atom stereocenters. The number of anilines is 1. The summed E-state index contributed by atoms with van der Waals surface area (Å²) in [5.41, 5.74) is 1.88. The monoisotopic (exact) mass is 284 g/mol. The SMILES string of the molecule is CNCc1cccc(OC(C)C(=O)Nc2ccccc2)c1. The van der Waals surface area contributed by atoms with Crippen molar-refractivity contribution in [3.05, 3.63) is 60.2 Å². The van der Waals surface area contributed by atoms with Gasteiger partial charge in [0.15, 0.2) is 6.10 Å². The Morgan fingerprint density at radius 2 is 1.90 bits per heavy atom. The summed E-state index contributed by atoms with van der Waals surface area (Å²) in [7, 11) is 1.89. The molecule has 0 aliphatic carbocycles. The van der Waals surface area contributed by atoms with Gasteiger partial charge < -0.3 is 15.4 Å². The Bertz CT molecular complexity index is 584. The van der Waals surface area contributed by atoms with E-state index in [9.17, 15) is 4.79 Å². The normalized spacial score (nSPS) is 11.7. The van der Waals surface area contributed by atoms with E-state index >= 15 is 0 Å². The molecule has 21 heavy (non-hydrogen) atoms. The highest BCUT2D eigenvalue weighted by molar-refractivity contribution is 5.94. The summed E-state index contributed by atoms with van der Waals surface area (Å²) < 4.78 is 5.70. The van der Waals surface area contributed by atoms with Crippen molar-refractivity contribution in [1.82, 2.24) is 5.32 Å². The molecule has 0 radical (unpaired) electrons. The summed E-state index contributed by atoms with van der Waals surface area (Å²) in [5.74, 6) is 0.527. The van der Waals surface area contributed by atoms with Gasteiger partial charge in [-0.3, -0.25) is 4.79 Å². The molecule has 0 heterocycles. The zero-order valence-electron chi connectivity index (χ0n) is 12.3. The van der Waals surface area contributed by atoms with Crippen LogP contribution in [-0.4, -0.2) is 19.1 Å². The average molecular weight is 284 g/mol. The molecule has 0 aliphatic heterocycles. The fourth-order valence-corrected chi connectivity index (χ4v) is 1.96. The first-order chi connectivity index (χ1) is 10.2. The second-order valence-corrected chi connectivity index (χ2v) is 4.79. The Labute approximate surface area is 125 Å². The maximum Gasteiger partial charge on any atom is 0.265 e. The van der Waals surface area contributed by atoms with Gasteiger partial charge in [-0.15, -0.1) is 0 Å². The third-order valence-corrected chi connectivity index (χ3v) is 3.00. The minimum Gasteiger partial charge on any atom is -0.481 e. The van der Waals surface area contributed by atoms with Crippen LogP contribution in [0.15, 0.2) is 54.6 Å². The topological polar surface area (TPSA) is 50.4 Å². The van der Waals surface area contributed by atoms with E-state index < -0.39 is 6.10 Å². The van der Waals surface area contributed by atoms with Crippen molar-refractivity contribution in [2.45, 2.75) is 19.6 Å². The van der Waals surface area contributed by atoms with Crippen molar-refractivity contribution in [3.8, 4) is 5.75 Å². The summed E-state index contributed by atoms with van der Waals surface area (Å²) >= 11 is 0. The summed E-state index contributed by atoms with van der Waals surface area (Å²) in [5, 5.41) is 5.91. The molecule has 0 aromatic heterocycles. The van der Waals surface area contributed by atoms with Crippen molar-refractivity contribution >= 4 is 11.6 Å². The quantitative estimate of drug-likeness (QED) is 0.857. The molecule has 2 rings (SSSR count). The van der Waals surface area contributed by atoms with Crippen molar-refractivity contribution in [3.63, 3.8) is 0 Å². The lowest BCUT2D eigenvalue weighted by molar-refractivity contribution is -0.122. The molecule has 0 fully saturated rings. The molecule has 4 nitrogen and oxygen atoms in total. The summed E-state index contributed by atoms with van der Waals surface area (Å²) in [6.07, 6.45) is -0.560. The minimum atomic E-state index is -0.560. The molecule has 1 amide bonds. The minimum absolute atomic E-state index is 0.166. The van der Waals surface area contributed by atoms with Crippen LogP contribution in [0.1, 0.15) is 12.5 Å². The first-order valence-electron chi connectivity index (χ1n) is 6.95. The number of nitrogens with one attached hydrogen (secondary N) is 2. The molecule has 2 N–H and O–H groups in total. The lowest BCUT2D eigenvalue weighted by Gasteiger charge is -2.15. The van der Waals surface area contributed by atoms with E-state index in [-0.39, 0.29) is 5.91 Å². The number of ether oxygens (including phenoxy) is 1. The van der Waals surface area contributed by atoms with Gasteiger partial charge in [0.05, 0.1) is 0 Å². The van der Waals surface area contributed by atoms with Crippen LogP contribution in [0.5, 0.6) is 5.75 Å². The van der Waals surface area contributed by atoms with E-state index in [2.05, 4.69) is 10.6 Å². The smallest absolute Gasteiger partial charge is 0.265 e. The molecule has 0 spiro atoms. The molecule has 0 saturated carbocycles. The van der Waals surface area contributed by atoms with Crippen LogP contribution in [0.25, 0.3) is 0 Å². The molecular weight excluding hydrogens is 264 g/mol. The van der Waals surface area contributed by atoms with Crippen LogP contribution in [-0.2, 0) is 11.3 Å². The predicted molar refractivity (Wildman–Crippen MR) is 84.4 cm³/mol. The largest absolute Gasteiger partial charge is 0.481 e. The number of hydrogen-bond donors (Lipinski definition) is 2. The van der Waals surface area contributed by atoms with Gasteiger partial charge in [-0.25, -0.2) is 0 Å². The second-order valence-electron chi connectivity index (χ2n) is 4.79. The van der Waals surface area contributed by atoms with Crippen LogP contribution in [0.2, 0.25) is 0 Å². The van der Waals surface area contributed by atoms with Crippen molar-refractivity contribution < 1.29 is 9.53 Å². The molecule has 110 valence electrons. The highest BCUT2D eigenvalue weighted by Crippen LogP contribution is 2.15. The fraction of sp³-hybridized carbons (Fsp3) is 0.235. The van der Waals surface area contributed by atoms with Crippen molar-refractivity contribution in [2.75, 3.05) is 12.4 Å². The van der Waals surface area contributed by atoms with Crippen LogP contribution < -0.4 is 15.4 Å². The molecule has 2 aromatic rings. The predicted octanol–water partition coefficient (Wildman–Crippen LogP) is 2.81. The Kier molecular flexibility index (Phi) is 5.35. The fourth-order valence-electron chi connectivity index (χ4n) is 1.96. The van der Waals surface area contributed by atoms with Gasteiger partial charge in [-0.05, 0) is 43.8 Å². The van der Waals surface area contributed by atoms with Crippen molar-refractivity contribution in [1.29, 1.82) is 0 Å². The van der Waals surface area contributed by atoms with Gasteiger partial charge >= 0.3 is 0 Å². The molecule has 2 aromatic carbocycles. The molecular formula is C17H20N2O2. The van der Waals surface area contributed by atoms with Gasteiger partial charge in [0, 0.05) is 12.2 Å². The van der Waals surface area contributed by atoms with Gasteiger partial charge in [-0.2, -0.15) is 0 Å². The van der Waals surface area contributed by atoms with E-state index in [0.29, 0.717) is 5.75 Å². The van der Waals surface area contributed by atoms with E-state index in [1.807, 2.05) is 61.6 Å². The maximum atomic E-state index is 12.1. The van der Waals surface area contributed by atoms with Gasteiger partial charge in [0.25, 0.3) is 5.91 Å². The third-order valence-electron chi connectivity index (χ3n) is 3.00. The number of carbonyl (C=O) groups excluding carboxylic acids is 1. The number of hydrogen-bond acceptors (Lipinski definition) is 3. The van der Waals surface area contributed by atoms with Crippen LogP contribution in [0.3, 0.4) is 0 Å². The lowest BCUT2D eigenvalue weighted by Crippen LogP contribution is -2.30. The van der Waals surface area contributed by atoms with Crippen LogP contribution in [0.4, 0.5) is 5.69 Å². The van der Waals surface area contributed by atoms with Gasteiger partial charge in [0.1, 0.15) is 5.75 Å². The van der Waals surface area contributed by atoms with E-state index in [4.69, 9.17) is 4.74 Å². The van der Waals surface area contributed by atoms with E-state index in [0.717, 1.165) is 17.8 Å². The first kappa shape index (κ1) is 15.1. The standard InChI is InChI=1S/C17H20N2O2/c1-13(17(20)19-15-8-4-3-5-9-15)21-16-10-6-7-14(11-16)12-18-2/h3-11,13,18H,12H2,1-2H3,(H,19,20). The molecule has 0 saturated heterocycles. The zero-order valence-corrected chi connectivity index (χ0v) is 12.3. The lowest BCUT2D eigenvalue weighted by atomic mass is 10.2. The van der Waals surface area contributed by atoms with Gasteiger partial charge in [0.2, 0.25) is 0 Å². The molecule has 1 atom stereocenters. The number of amides is 1. The van der Waals surface area contributed by atoms with Crippen LogP contribution in [0, 0.1) is 0 Å². The summed E-state index contributed by atoms with van der Waals surface area (Å²) in [4.78, 5) is 12.1. The van der Waals surface area contributed by atoms with E-state index in [1.165, 1.54) is 0 Å². The van der Waals surface area contributed by atoms with Crippen LogP contribution >= 0.6 is 0 Å². The first-order valence-corrected chi connectivity index (χ1v) is 6.95. The van der Waals surface area contributed by atoms with Gasteiger partial charge in [-0.1, -0.05) is 30.3 Å². The highest BCUT2D eigenvalue weighted by Gasteiger charge is 2.14. The maximum absolute atomic E-state index is 12.1. The molecule has 0 aliphatic rings. The van der Waals surface area contributed by atoms with E-state index in [1.54, 1.807) is 6.92 Å². The second kappa shape index (κ2) is 7.45. The molecule has 4 heteroatoms.